The number of halogens is 2. The predicted octanol–water partition coefficient (Wildman–Crippen LogP) is 2.80. The highest BCUT2D eigenvalue weighted by Gasteiger charge is 2.10. The highest BCUT2D eigenvalue weighted by atomic mass is 79.9. The number of pyridine rings is 1. The normalized spacial score (nSPS) is 11.0. The van der Waals surface area contributed by atoms with Crippen LogP contribution < -0.4 is 5.32 Å². The summed E-state index contributed by atoms with van der Waals surface area (Å²) in [7, 11) is 0. The average Bonchev–Trinajstić information content (AvgIpc) is 3.04. The van der Waals surface area contributed by atoms with Crippen molar-refractivity contribution in [1.82, 2.24) is 14.7 Å². The third kappa shape index (κ3) is 3.13. The molecule has 0 unspecified atom stereocenters. The minimum atomic E-state index is -0.317. The van der Waals surface area contributed by atoms with E-state index in [1.54, 1.807) is 28.8 Å². The molecule has 0 bridgehead atoms. The Morgan fingerprint density at radius 3 is 2.95 bits per heavy atom. The van der Waals surface area contributed by atoms with Gasteiger partial charge in [0.2, 0.25) is 0 Å². The molecule has 0 aliphatic heterocycles. The first-order valence-electron chi connectivity index (χ1n) is 6.28. The number of furan rings is 1. The number of imidazole rings is 1. The van der Waals surface area contributed by atoms with Crippen LogP contribution in [0.5, 0.6) is 0 Å². The molecule has 5 nitrogen and oxygen atoms in total. The third-order valence-corrected chi connectivity index (χ3v) is 3.35. The molecule has 0 fully saturated rings. The molecule has 0 aliphatic carbocycles. The van der Waals surface area contributed by atoms with Crippen LogP contribution in [0.4, 0.5) is 4.39 Å². The second-order valence-corrected chi connectivity index (χ2v) is 5.24. The molecule has 3 aromatic rings. The van der Waals surface area contributed by atoms with Crippen molar-refractivity contribution >= 4 is 27.5 Å². The van der Waals surface area contributed by atoms with E-state index in [0.717, 1.165) is 5.69 Å². The van der Waals surface area contributed by atoms with E-state index in [1.807, 2.05) is 0 Å². The summed E-state index contributed by atoms with van der Waals surface area (Å²) < 4.78 is 20.4. The topological polar surface area (TPSA) is 59.5 Å². The fraction of sp³-hybridized carbons (Fsp3) is 0.143. The summed E-state index contributed by atoms with van der Waals surface area (Å²) in [5.74, 6) is -0.349. The van der Waals surface area contributed by atoms with Gasteiger partial charge in [-0.25, -0.2) is 9.37 Å². The van der Waals surface area contributed by atoms with Crippen LogP contribution in [0, 0.1) is 5.82 Å². The monoisotopic (exact) mass is 351 g/mol. The van der Waals surface area contributed by atoms with Gasteiger partial charge in [-0.1, -0.05) is 0 Å². The molecule has 21 heavy (non-hydrogen) atoms. The molecule has 0 aromatic carbocycles. The zero-order valence-electron chi connectivity index (χ0n) is 10.8. The van der Waals surface area contributed by atoms with E-state index in [4.69, 9.17) is 4.42 Å². The van der Waals surface area contributed by atoms with Gasteiger partial charge in [0.25, 0.3) is 5.91 Å². The Morgan fingerprint density at radius 1 is 1.33 bits per heavy atom. The molecule has 3 aromatic heterocycles. The Balaban J connectivity index is 1.60. The van der Waals surface area contributed by atoms with Gasteiger partial charge >= 0.3 is 0 Å². The second kappa shape index (κ2) is 5.69. The Kier molecular flexibility index (Phi) is 3.74. The molecule has 0 spiro atoms. The molecule has 108 valence electrons. The molecule has 7 heteroatoms. The number of nitrogens with one attached hydrogen (secondary N) is 1. The lowest BCUT2D eigenvalue weighted by molar-refractivity contribution is 0.0925. The molecule has 0 saturated carbocycles. The van der Waals surface area contributed by atoms with Crippen LogP contribution in [0.25, 0.3) is 5.65 Å². The fourth-order valence-electron chi connectivity index (χ4n) is 1.97. The number of rotatable bonds is 4. The maximum Gasteiger partial charge on any atom is 0.287 e. The van der Waals surface area contributed by atoms with E-state index in [0.29, 0.717) is 23.3 Å². The lowest BCUT2D eigenvalue weighted by Gasteiger charge is -2.00. The first kappa shape index (κ1) is 13.8. The maximum absolute atomic E-state index is 13.1. The summed E-state index contributed by atoms with van der Waals surface area (Å²) in [6.07, 6.45) is 3.66. The molecule has 3 heterocycles. The van der Waals surface area contributed by atoms with Gasteiger partial charge in [-0.05, 0) is 40.2 Å². The number of carbonyl (C=O) groups excluding carboxylic acids is 1. The SMILES string of the molecule is O=C(NCCc1cn2cc(F)ccc2n1)c1ccc(Br)o1. The summed E-state index contributed by atoms with van der Waals surface area (Å²) in [6, 6.07) is 6.22. The summed E-state index contributed by atoms with van der Waals surface area (Å²) >= 11 is 3.14. The number of hydrogen-bond donors (Lipinski definition) is 1. The van der Waals surface area contributed by atoms with Gasteiger partial charge < -0.3 is 14.1 Å². The van der Waals surface area contributed by atoms with Crippen LogP contribution in [-0.2, 0) is 6.42 Å². The average molecular weight is 352 g/mol. The van der Waals surface area contributed by atoms with Crippen molar-refractivity contribution in [3.63, 3.8) is 0 Å². The molecule has 0 atom stereocenters. The van der Waals surface area contributed by atoms with Gasteiger partial charge in [-0.15, -0.1) is 0 Å². The highest BCUT2D eigenvalue weighted by molar-refractivity contribution is 9.10. The van der Waals surface area contributed by atoms with Crippen LogP contribution in [0.1, 0.15) is 16.2 Å². The van der Waals surface area contributed by atoms with Gasteiger partial charge in [0.1, 0.15) is 11.5 Å². The standard InChI is InChI=1S/C14H11BrFN3O2/c15-12-3-2-11(21-12)14(20)17-6-5-10-8-19-7-9(16)1-4-13(19)18-10/h1-4,7-8H,5-6H2,(H,17,20). The van der Waals surface area contributed by atoms with Gasteiger partial charge in [-0.2, -0.15) is 0 Å². The maximum atomic E-state index is 13.1. The van der Waals surface area contributed by atoms with Crippen LogP contribution in [0.3, 0.4) is 0 Å². The first-order valence-corrected chi connectivity index (χ1v) is 7.08. The van der Waals surface area contributed by atoms with Gasteiger partial charge in [0, 0.05) is 25.4 Å². The minimum Gasteiger partial charge on any atom is -0.444 e. The number of hydrogen-bond acceptors (Lipinski definition) is 3. The van der Waals surface area contributed by atoms with Gasteiger partial charge in [0.05, 0.1) is 5.69 Å². The van der Waals surface area contributed by atoms with Crippen molar-refractivity contribution in [2.24, 2.45) is 0 Å². The minimum absolute atomic E-state index is 0.249. The van der Waals surface area contributed by atoms with Gasteiger partial charge in [-0.3, -0.25) is 4.79 Å². The molecule has 1 amide bonds. The van der Waals surface area contributed by atoms with Crippen molar-refractivity contribution in [1.29, 1.82) is 0 Å². The third-order valence-electron chi connectivity index (χ3n) is 2.93. The van der Waals surface area contributed by atoms with Crippen molar-refractivity contribution in [2.75, 3.05) is 6.54 Å². The van der Waals surface area contributed by atoms with Crippen molar-refractivity contribution < 1.29 is 13.6 Å². The fourth-order valence-corrected chi connectivity index (χ4v) is 2.27. The van der Waals surface area contributed by atoms with Crippen LogP contribution in [0.15, 0.2) is 45.7 Å². The molecular weight excluding hydrogens is 341 g/mol. The Morgan fingerprint density at radius 2 is 2.19 bits per heavy atom. The number of aromatic nitrogens is 2. The van der Waals surface area contributed by atoms with Crippen molar-refractivity contribution in [2.45, 2.75) is 6.42 Å². The summed E-state index contributed by atoms with van der Waals surface area (Å²) in [4.78, 5) is 16.1. The van der Waals surface area contributed by atoms with Crippen molar-refractivity contribution in [3.8, 4) is 0 Å². The van der Waals surface area contributed by atoms with Gasteiger partial charge in [0.15, 0.2) is 10.4 Å². The molecule has 1 N–H and O–H groups in total. The predicted molar refractivity (Wildman–Crippen MR) is 77.6 cm³/mol. The molecule has 3 rings (SSSR count). The second-order valence-electron chi connectivity index (χ2n) is 4.45. The van der Waals surface area contributed by atoms with Crippen LogP contribution in [-0.4, -0.2) is 21.8 Å². The number of carbonyl (C=O) groups is 1. The van der Waals surface area contributed by atoms with E-state index in [1.165, 1.54) is 12.3 Å². The largest absolute Gasteiger partial charge is 0.444 e. The van der Waals surface area contributed by atoms with E-state index in [2.05, 4.69) is 26.2 Å². The zero-order chi connectivity index (χ0) is 14.8. The van der Waals surface area contributed by atoms with E-state index in [9.17, 15) is 9.18 Å². The van der Waals surface area contributed by atoms with E-state index >= 15 is 0 Å². The summed E-state index contributed by atoms with van der Waals surface area (Å²) in [5.41, 5.74) is 1.45. The molecule has 0 aliphatic rings. The Bertz CT molecular complexity index is 796. The zero-order valence-corrected chi connectivity index (χ0v) is 12.4. The van der Waals surface area contributed by atoms with Crippen LogP contribution in [0.2, 0.25) is 0 Å². The molecular formula is C14H11BrFN3O2. The van der Waals surface area contributed by atoms with Crippen LogP contribution >= 0.6 is 15.9 Å². The number of nitrogens with zero attached hydrogens (tertiary/aromatic N) is 2. The van der Waals surface area contributed by atoms with E-state index < -0.39 is 0 Å². The summed E-state index contributed by atoms with van der Waals surface area (Å²) in [5, 5.41) is 2.74. The van der Waals surface area contributed by atoms with E-state index in [-0.39, 0.29) is 17.5 Å². The smallest absolute Gasteiger partial charge is 0.287 e. The molecule has 0 saturated heterocycles. The first-order chi connectivity index (χ1) is 10.1. The molecule has 0 radical (unpaired) electrons. The Hall–Kier alpha value is -2.15. The lowest BCUT2D eigenvalue weighted by atomic mass is 10.3. The Labute approximate surface area is 127 Å². The number of fused-ring (bicyclic) bond motifs is 1. The summed E-state index contributed by atoms with van der Waals surface area (Å²) in [6.45, 7) is 0.420. The quantitative estimate of drug-likeness (QED) is 0.786. The number of amides is 1. The highest BCUT2D eigenvalue weighted by Crippen LogP contribution is 2.13. The lowest BCUT2D eigenvalue weighted by Crippen LogP contribution is -2.25. The van der Waals surface area contributed by atoms with Crippen molar-refractivity contribution in [3.05, 3.63) is 58.6 Å².